The maximum Gasteiger partial charge on any atom is 0.341 e. The first-order valence-corrected chi connectivity index (χ1v) is 9.21. The molecule has 1 amide bonds. The van der Waals surface area contributed by atoms with Gasteiger partial charge in [0.2, 0.25) is 0 Å². The van der Waals surface area contributed by atoms with Gasteiger partial charge >= 0.3 is 11.9 Å². The highest BCUT2D eigenvalue weighted by Gasteiger charge is 2.19. The van der Waals surface area contributed by atoms with Crippen molar-refractivity contribution < 1.29 is 28.6 Å². The fourth-order valence-corrected chi connectivity index (χ4v) is 3.25. The molecule has 0 fully saturated rings. The molecule has 0 radical (unpaired) electrons. The normalized spacial score (nSPS) is 10.2. The zero-order chi connectivity index (χ0) is 19.8. The van der Waals surface area contributed by atoms with Crippen LogP contribution in [0.2, 0.25) is 0 Å². The van der Waals surface area contributed by atoms with E-state index in [4.69, 9.17) is 14.2 Å². The summed E-state index contributed by atoms with van der Waals surface area (Å²) in [5.41, 5.74) is 0.548. The Morgan fingerprint density at radius 1 is 1.07 bits per heavy atom. The molecule has 0 aliphatic carbocycles. The summed E-state index contributed by atoms with van der Waals surface area (Å²) in [4.78, 5) is 37.0. The molecule has 8 heteroatoms. The number of benzene rings is 1. The molecule has 0 bridgehead atoms. The number of carbonyl (C=O) groups excluding carboxylic acids is 3. The quantitative estimate of drug-likeness (QED) is 0.695. The lowest BCUT2D eigenvalue weighted by Gasteiger charge is -2.10. The molecule has 1 aromatic heterocycles. The van der Waals surface area contributed by atoms with Crippen LogP contribution in [0.5, 0.6) is 5.75 Å². The third-order valence-corrected chi connectivity index (χ3v) is 4.73. The summed E-state index contributed by atoms with van der Waals surface area (Å²) in [6.45, 7) is 3.60. The monoisotopic (exact) mass is 391 g/mol. The highest BCUT2D eigenvalue weighted by Crippen LogP contribution is 2.29. The Bertz CT molecular complexity index is 829. The Labute approximate surface area is 161 Å². The van der Waals surface area contributed by atoms with E-state index in [-0.39, 0.29) is 24.5 Å². The zero-order valence-corrected chi connectivity index (χ0v) is 16.2. The summed E-state index contributed by atoms with van der Waals surface area (Å²) >= 11 is 1.31. The van der Waals surface area contributed by atoms with Crippen molar-refractivity contribution in [2.45, 2.75) is 20.3 Å². The van der Waals surface area contributed by atoms with Gasteiger partial charge in [0.05, 0.1) is 19.3 Å². The molecule has 27 heavy (non-hydrogen) atoms. The number of rotatable bonds is 8. The molecule has 1 N–H and O–H groups in total. The first-order chi connectivity index (χ1) is 13.0. The number of aryl methyl sites for hydroxylation is 1. The van der Waals surface area contributed by atoms with Gasteiger partial charge in [-0.15, -0.1) is 11.3 Å². The highest BCUT2D eigenvalue weighted by molar-refractivity contribution is 7.16. The number of nitrogens with one attached hydrogen (secondary N) is 1. The van der Waals surface area contributed by atoms with Crippen LogP contribution in [0, 0.1) is 0 Å². The summed E-state index contributed by atoms with van der Waals surface area (Å²) in [6, 6.07) is 8.19. The van der Waals surface area contributed by atoms with Crippen LogP contribution in [0.25, 0.3) is 0 Å². The van der Waals surface area contributed by atoms with E-state index >= 15 is 0 Å². The number of thiophene rings is 1. The summed E-state index contributed by atoms with van der Waals surface area (Å²) < 4.78 is 15.2. The number of hydrogen-bond donors (Lipinski definition) is 1. The Kier molecular flexibility index (Phi) is 7.36. The van der Waals surface area contributed by atoms with Crippen molar-refractivity contribution in [2.24, 2.45) is 0 Å². The Hall–Kier alpha value is -2.87. The van der Waals surface area contributed by atoms with E-state index in [1.54, 1.807) is 37.3 Å². The van der Waals surface area contributed by atoms with Gasteiger partial charge in [-0.05, 0) is 31.5 Å². The van der Waals surface area contributed by atoms with Crippen molar-refractivity contribution in [2.75, 3.05) is 25.6 Å². The van der Waals surface area contributed by atoms with Crippen LogP contribution < -0.4 is 10.1 Å². The summed E-state index contributed by atoms with van der Waals surface area (Å²) in [6.07, 6.45) is 0.732. The minimum atomic E-state index is -0.554. The van der Waals surface area contributed by atoms with Gasteiger partial charge in [-0.1, -0.05) is 19.1 Å². The molecule has 2 rings (SSSR count). The number of methoxy groups -OCH3 is 1. The molecule has 0 unspecified atom stereocenters. The van der Waals surface area contributed by atoms with Crippen molar-refractivity contribution in [1.29, 1.82) is 0 Å². The molecular formula is C19H21NO6S. The number of anilines is 1. The molecule has 0 aliphatic rings. The Morgan fingerprint density at radius 2 is 1.81 bits per heavy atom. The molecule has 0 spiro atoms. The standard InChI is InChI=1S/C19H21NO6S/c1-4-12-10-14(19(23)25-5-2)17(27-12)20-16(21)11-26-15-9-7-6-8-13(15)18(22)24-3/h6-10H,4-5,11H2,1-3H3,(H,20,21). The van der Waals surface area contributed by atoms with E-state index in [9.17, 15) is 14.4 Å². The SMILES string of the molecule is CCOC(=O)c1cc(CC)sc1NC(=O)COc1ccccc1C(=O)OC. The number of carbonyl (C=O) groups is 3. The van der Waals surface area contributed by atoms with Gasteiger partial charge in [0, 0.05) is 4.88 Å². The number of esters is 2. The summed E-state index contributed by atoms with van der Waals surface area (Å²) in [7, 11) is 1.27. The molecule has 7 nitrogen and oxygen atoms in total. The Morgan fingerprint density at radius 3 is 2.48 bits per heavy atom. The smallest absolute Gasteiger partial charge is 0.341 e. The van der Waals surface area contributed by atoms with Crippen LogP contribution >= 0.6 is 11.3 Å². The van der Waals surface area contributed by atoms with Crippen LogP contribution in [0.4, 0.5) is 5.00 Å². The maximum atomic E-state index is 12.3. The van der Waals surface area contributed by atoms with E-state index in [1.165, 1.54) is 18.4 Å². The molecular weight excluding hydrogens is 370 g/mol. The van der Waals surface area contributed by atoms with Gasteiger partial charge < -0.3 is 19.5 Å². The number of ether oxygens (including phenoxy) is 3. The average Bonchev–Trinajstić information content (AvgIpc) is 3.09. The number of hydrogen-bond acceptors (Lipinski definition) is 7. The van der Waals surface area contributed by atoms with Gasteiger partial charge in [-0.3, -0.25) is 4.79 Å². The van der Waals surface area contributed by atoms with Gasteiger partial charge in [0.15, 0.2) is 6.61 Å². The van der Waals surface area contributed by atoms with Crippen molar-refractivity contribution in [3.63, 3.8) is 0 Å². The highest BCUT2D eigenvalue weighted by atomic mass is 32.1. The lowest BCUT2D eigenvalue weighted by atomic mass is 10.2. The van der Waals surface area contributed by atoms with Crippen molar-refractivity contribution >= 4 is 34.2 Å². The van der Waals surface area contributed by atoms with E-state index in [0.29, 0.717) is 10.6 Å². The average molecular weight is 391 g/mol. The van der Waals surface area contributed by atoms with Crippen LogP contribution in [-0.4, -0.2) is 38.2 Å². The molecule has 1 heterocycles. The number of amides is 1. The third kappa shape index (κ3) is 5.30. The van der Waals surface area contributed by atoms with Crippen LogP contribution in [-0.2, 0) is 20.7 Å². The summed E-state index contributed by atoms with van der Waals surface area (Å²) in [5.74, 6) is -1.25. The maximum absolute atomic E-state index is 12.3. The fraction of sp³-hybridized carbons (Fsp3) is 0.316. The van der Waals surface area contributed by atoms with Crippen molar-refractivity contribution in [3.05, 3.63) is 46.3 Å². The van der Waals surface area contributed by atoms with Crippen molar-refractivity contribution in [3.8, 4) is 5.75 Å². The van der Waals surface area contributed by atoms with Gasteiger partial charge in [-0.2, -0.15) is 0 Å². The van der Waals surface area contributed by atoms with Crippen LogP contribution in [0.15, 0.2) is 30.3 Å². The lowest BCUT2D eigenvalue weighted by Crippen LogP contribution is -2.21. The van der Waals surface area contributed by atoms with Gasteiger partial charge in [0.25, 0.3) is 5.91 Å². The van der Waals surface area contributed by atoms with E-state index in [1.807, 2.05) is 6.92 Å². The minimum Gasteiger partial charge on any atom is -0.483 e. The second-order valence-electron chi connectivity index (χ2n) is 5.35. The topological polar surface area (TPSA) is 90.9 Å². The molecule has 1 aromatic carbocycles. The first-order valence-electron chi connectivity index (χ1n) is 8.39. The molecule has 0 saturated carbocycles. The second-order valence-corrected chi connectivity index (χ2v) is 6.49. The first kappa shape index (κ1) is 20.4. The number of para-hydroxylation sites is 1. The Balaban J connectivity index is 2.08. The minimum absolute atomic E-state index is 0.226. The van der Waals surface area contributed by atoms with E-state index in [2.05, 4.69) is 5.32 Å². The molecule has 2 aromatic rings. The van der Waals surface area contributed by atoms with E-state index in [0.717, 1.165) is 11.3 Å². The zero-order valence-electron chi connectivity index (χ0n) is 15.4. The predicted octanol–water partition coefficient (Wildman–Crippen LogP) is 3.29. The van der Waals surface area contributed by atoms with Crippen LogP contribution in [0.3, 0.4) is 0 Å². The molecule has 0 aliphatic heterocycles. The van der Waals surface area contributed by atoms with Crippen LogP contribution in [0.1, 0.15) is 39.4 Å². The lowest BCUT2D eigenvalue weighted by molar-refractivity contribution is -0.118. The van der Waals surface area contributed by atoms with Gasteiger partial charge in [0.1, 0.15) is 16.3 Å². The van der Waals surface area contributed by atoms with E-state index < -0.39 is 17.8 Å². The fourth-order valence-electron chi connectivity index (χ4n) is 2.25. The summed E-state index contributed by atoms with van der Waals surface area (Å²) in [5, 5.41) is 3.09. The predicted molar refractivity (Wildman–Crippen MR) is 102 cm³/mol. The third-order valence-electron chi connectivity index (χ3n) is 3.53. The molecule has 144 valence electrons. The largest absolute Gasteiger partial charge is 0.483 e. The molecule has 0 atom stereocenters. The second kappa shape index (κ2) is 9.72. The molecule has 0 saturated heterocycles. The van der Waals surface area contributed by atoms with Gasteiger partial charge in [-0.25, -0.2) is 9.59 Å². The van der Waals surface area contributed by atoms with Crippen molar-refractivity contribution in [1.82, 2.24) is 0 Å².